The van der Waals surface area contributed by atoms with Gasteiger partial charge in [0.2, 0.25) is 11.0 Å². The van der Waals surface area contributed by atoms with Crippen LogP contribution in [0.3, 0.4) is 0 Å². The molecular weight excluding hydrogens is 338 g/mol. The first-order valence-electron chi connectivity index (χ1n) is 8.16. The summed E-state index contributed by atoms with van der Waals surface area (Å²) in [6, 6.07) is 5.61. The number of anilines is 1. The summed E-state index contributed by atoms with van der Waals surface area (Å²) in [7, 11) is 0. The van der Waals surface area contributed by atoms with Crippen molar-refractivity contribution in [1.82, 2.24) is 10.2 Å². The van der Waals surface area contributed by atoms with E-state index in [1.165, 1.54) is 17.4 Å². The molecule has 6 nitrogen and oxygen atoms in total. The summed E-state index contributed by atoms with van der Waals surface area (Å²) in [6.07, 6.45) is 3.18. The van der Waals surface area contributed by atoms with Crippen LogP contribution in [0.2, 0.25) is 0 Å². The summed E-state index contributed by atoms with van der Waals surface area (Å²) in [5.74, 6) is 1.56. The number of nitrogens with one attached hydrogen (secondary N) is 1. The van der Waals surface area contributed by atoms with Gasteiger partial charge in [0.05, 0.1) is 13.2 Å². The fourth-order valence-corrected chi connectivity index (χ4v) is 2.53. The van der Waals surface area contributed by atoms with Gasteiger partial charge in [-0.1, -0.05) is 31.3 Å². The molecule has 0 fully saturated rings. The van der Waals surface area contributed by atoms with Crippen LogP contribution < -0.4 is 14.8 Å². The van der Waals surface area contributed by atoms with Gasteiger partial charge in [0.1, 0.15) is 5.01 Å². The van der Waals surface area contributed by atoms with E-state index in [1.807, 2.05) is 32.0 Å². The molecule has 1 aromatic heterocycles. The van der Waals surface area contributed by atoms with Gasteiger partial charge in [-0.3, -0.25) is 10.1 Å². The molecule has 134 valence electrons. The van der Waals surface area contributed by atoms with E-state index in [2.05, 4.69) is 29.4 Å². The third-order valence-corrected chi connectivity index (χ3v) is 3.78. The van der Waals surface area contributed by atoms with Gasteiger partial charge in [-0.05, 0) is 43.5 Å². The van der Waals surface area contributed by atoms with Crippen LogP contribution in [0.25, 0.3) is 6.08 Å². The standard InChI is InChI=1S/C18H23N3O3S/c1-5-23-16-10-14(6-8-15(16)24-11-12(2)3)7-9-17(22)19-18-21-20-13(4)25-18/h6-10,12H,5,11H2,1-4H3,(H,19,21,22). The molecule has 0 atom stereocenters. The molecule has 0 aliphatic carbocycles. The number of aryl methyl sites for hydroxylation is 1. The molecule has 1 aromatic carbocycles. The van der Waals surface area contributed by atoms with Crippen molar-refractivity contribution >= 4 is 28.5 Å². The molecule has 0 spiro atoms. The van der Waals surface area contributed by atoms with Gasteiger partial charge in [0.15, 0.2) is 11.5 Å². The van der Waals surface area contributed by atoms with Crippen LogP contribution in [0.5, 0.6) is 11.5 Å². The van der Waals surface area contributed by atoms with Crippen LogP contribution in [0.4, 0.5) is 5.13 Å². The number of ether oxygens (including phenoxy) is 2. The summed E-state index contributed by atoms with van der Waals surface area (Å²) >= 11 is 1.33. The van der Waals surface area contributed by atoms with E-state index in [-0.39, 0.29) is 5.91 Å². The molecule has 0 bridgehead atoms. The minimum absolute atomic E-state index is 0.255. The zero-order valence-electron chi connectivity index (χ0n) is 14.9. The largest absolute Gasteiger partial charge is 0.490 e. The maximum Gasteiger partial charge on any atom is 0.250 e. The lowest BCUT2D eigenvalue weighted by atomic mass is 10.2. The Morgan fingerprint density at radius 1 is 1.28 bits per heavy atom. The van der Waals surface area contributed by atoms with Crippen molar-refractivity contribution in [2.24, 2.45) is 5.92 Å². The van der Waals surface area contributed by atoms with E-state index < -0.39 is 0 Å². The van der Waals surface area contributed by atoms with E-state index in [4.69, 9.17) is 9.47 Å². The van der Waals surface area contributed by atoms with Gasteiger partial charge in [0, 0.05) is 6.08 Å². The van der Waals surface area contributed by atoms with Gasteiger partial charge in [0.25, 0.3) is 0 Å². The van der Waals surface area contributed by atoms with Crippen LogP contribution >= 0.6 is 11.3 Å². The lowest BCUT2D eigenvalue weighted by molar-refractivity contribution is -0.111. The average Bonchev–Trinajstić information content (AvgIpc) is 2.97. The Bertz CT molecular complexity index is 741. The molecule has 0 saturated heterocycles. The highest BCUT2D eigenvalue weighted by Crippen LogP contribution is 2.29. The van der Waals surface area contributed by atoms with E-state index in [0.29, 0.717) is 35.8 Å². The number of hydrogen-bond acceptors (Lipinski definition) is 6. The van der Waals surface area contributed by atoms with Gasteiger partial charge in [-0.2, -0.15) is 0 Å². The van der Waals surface area contributed by atoms with Gasteiger partial charge < -0.3 is 9.47 Å². The Hall–Kier alpha value is -2.41. The summed E-state index contributed by atoms with van der Waals surface area (Å²) in [6.45, 7) is 9.11. The highest BCUT2D eigenvalue weighted by Gasteiger charge is 2.07. The molecule has 25 heavy (non-hydrogen) atoms. The predicted octanol–water partition coefficient (Wildman–Crippen LogP) is 3.93. The van der Waals surface area contributed by atoms with Crippen molar-refractivity contribution in [3.05, 3.63) is 34.8 Å². The fourth-order valence-electron chi connectivity index (χ4n) is 1.94. The molecule has 1 heterocycles. The number of carbonyl (C=O) groups is 1. The molecule has 0 saturated carbocycles. The molecule has 0 aliphatic rings. The third kappa shape index (κ3) is 6.19. The lowest BCUT2D eigenvalue weighted by Gasteiger charge is -2.14. The number of rotatable bonds is 8. The third-order valence-electron chi connectivity index (χ3n) is 3.02. The molecule has 1 N–H and O–H groups in total. The number of carbonyl (C=O) groups excluding carboxylic acids is 1. The van der Waals surface area contributed by atoms with Crippen LogP contribution in [-0.2, 0) is 4.79 Å². The molecule has 7 heteroatoms. The molecule has 2 rings (SSSR count). The Balaban J connectivity index is 2.05. The second-order valence-corrected chi connectivity index (χ2v) is 6.97. The van der Waals surface area contributed by atoms with Crippen molar-refractivity contribution in [3.63, 3.8) is 0 Å². The van der Waals surface area contributed by atoms with Crippen LogP contribution in [0.1, 0.15) is 31.3 Å². The number of amides is 1. The monoisotopic (exact) mass is 361 g/mol. The first-order valence-corrected chi connectivity index (χ1v) is 8.98. The number of aromatic nitrogens is 2. The SMILES string of the molecule is CCOc1cc(C=CC(=O)Nc2nnc(C)s2)ccc1OCC(C)C. The van der Waals surface area contributed by atoms with Crippen molar-refractivity contribution < 1.29 is 14.3 Å². The van der Waals surface area contributed by atoms with Crippen LogP contribution in [0, 0.1) is 12.8 Å². The molecular formula is C18H23N3O3S. The summed E-state index contributed by atoms with van der Waals surface area (Å²) in [5, 5.41) is 11.7. The Morgan fingerprint density at radius 2 is 2.08 bits per heavy atom. The van der Waals surface area contributed by atoms with Crippen molar-refractivity contribution in [2.45, 2.75) is 27.7 Å². The maximum absolute atomic E-state index is 11.9. The molecule has 1 amide bonds. The highest BCUT2D eigenvalue weighted by molar-refractivity contribution is 7.15. The Kier molecular flexibility index (Phi) is 6.94. The van der Waals surface area contributed by atoms with E-state index in [0.717, 1.165) is 10.6 Å². The van der Waals surface area contributed by atoms with Gasteiger partial charge in [-0.15, -0.1) is 10.2 Å². The summed E-state index contributed by atoms with van der Waals surface area (Å²) in [5.41, 5.74) is 0.851. The zero-order chi connectivity index (χ0) is 18.2. The predicted molar refractivity (Wildman–Crippen MR) is 100 cm³/mol. The van der Waals surface area contributed by atoms with Crippen LogP contribution in [0.15, 0.2) is 24.3 Å². The van der Waals surface area contributed by atoms with Gasteiger partial charge >= 0.3 is 0 Å². The molecule has 2 aromatic rings. The molecule has 0 aliphatic heterocycles. The lowest BCUT2D eigenvalue weighted by Crippen LogP contribution is -2.07. The normalized spacial score (nSPS) is 11.1. The maximum atomic E-state index is 11.9. The smallest absolute Gasteiger partial charge is 0.250 e. The minimum atomic E-state index is -0.255. The summed E-state index contributed by atoms with van der Waals surface area (Å²) in [4.78, 5) is 11.9. The quantitative estimate of drug-likeness (QED) is 0.721. The number of benzene rings is 1. The van der Waals surface area contributed by atoms with E-state index >= 15 is 0 Å². The first kappa shape index (κ1) is 18.9. The second kappa shape index (κ2) is 9.17. The molecule has 0 unspecified atom stereocenters. The number of nitrogens with zero attached hydrogens (tertiary/aromatic N) is 2. The van der Waals surface area contributed by atoms with Crippen molar-refractivity contribution in [2.75, 3.05) is 18.5 Å². The highest BCUT2D eigenvalue weighted by atomic mass is 32.1. The summed E-state index contributed by atoms with van der Waals surface area (Å²) < 4.78 is 11.4. The average molecular weight is 361 g/mol. The fraction of sp³-hybridized carbons (Fsp3) is 0.389. The number of hydrogen-bond donors (Lipinski definition) is 1. The first-order chi connectivity index (χ1) is 12.0. The zero-order valence-corrected chi connectivity index (χ0v) is 15.7. The van der Waals surface area contributed by atoms with Gasteiger partial charge in [-0.25, -0.2) is 0 Å². The van der Waals surface area contributed by atoms with Crippen molar-refractivity contribution in [3.8, 4) is 11.5 Å². The molecule has 0 radical (unpaired) electrons. The minimum Gasteiger partial charge on any atom is -0.490 e. The topological polar surface area (TPSA) is 73.3 Å². The Morgan fingerprint density at radius 3 is 2.72 bits per heavy atom. The Labute approximate surface area is 151 Å². The van der Waals surface area contributed by atoms with E-state index in [1.54, 1.807) is 6.08 Å². The van der Waals surface area contributed by atoms with Crippen molar-refractivity contribution in [1.29, 1.82) is 0 Å². The van der Waals surface area contributed by atoms with E-state index in [9.17, 15) is 4.79 Å². The second-order valence-electron chi connectivity index (χ2n) is 5.79. The van der Waals surface area contributed by atoms with Crippen LogP contribution in [-0.4, -0.2) is 29.3 Å².